The van der Waals surface area contributed by atoms with Crippen LogP contribution in [-0.4, -0.2) is 53.4 Å². The normalized spacial score (nSPS) is 19.6. The molecule has 1 aromatic rings. The van der Waals surface area contributed by atoms with Gasteiger partial charge in [0.25, 0.3) is 5.91 Å². The van der Waals surface area contributed by atoms with Crippen LogP contribution < -0.4 is 10.1 Å². The van der Waals surface area contributed by atoms with Crippen LogP contribution in [0.5, 0.6) is 5.88 Å². The van der Waals surface area contributed by atoms with Crippen molar-refractivity contribution in [2.75, 3.05) is 27.2 Å². The molecule has 0 spiro atoms. The Morgan fingerprint density at radius 1 is 1.43 bits per heavy atom. The third kappa shape index (κ3) is 2.41. The predicted molar refractivity (Wildman–Crippen MR) is 79.7 cm³/mol. The maximum atomic E-state index is 12.4. The number of aromatic nitrogens is 2. The second-order valence-electron chi connectivity index (χ2n) is 6.36. The SMILES string of the molecule is Cc1c(C(=O)NCC2(N(C)C)CCCC2)nn2c1OCC2. The number of nitrogens with zero attached hydrogens (tertiary/aromatic N) is 3. The number of hydrogen-bond donors (Lipinski definition) is 1. The maximum Gasteiger partial charge on any atom is 0.272 e. The maximum absolute atomic E-state index is 12.4. The summed E-state index contributed by atoms with van der Waals surface area (Å²) < 4.78 is 7.29. The molecule has 6 nitrogen and oxygen atoms in total. The van der Waals surface area contributed by atoms with Crippen molar-refractivity contribution < 1.29 is 9.53 Å². The van der Waals surface area contributed by atoms with E-state index in [1.165, 1.54) is 12.8 Å². The van der Waals surface area contributed by atoms with E-state index in [1.54, 1.807) is 4.68 Å². The van der Waals surface area contributed by atoms with E-state index in [-0.39, 0.29) is 11.4 Å². The number of nitrogens with one attached hydrogen (secondary N) is 1. The Balaban J connectivity index is 1.69. The van der Waals surface area contributed by atoms with Crippen molar-refractivity contribution in [3.8, 4) is 5.88 Å². The quantitative estimate of drug-likeness (QED) is 0.905. The van der Waals surface area contributed by atoms with Crippen LogP contribution in [0, 0.1) is 6.92 Å². The molecule has 0 atom stereocenters. The number of likely N-dealkylation sites (N-methyl/N-ethyl adjacent to an activating group) is 1. The number of ether oxygens (including phenoxy) is 1. The molecule has 1 fully saturated rings. The largest absolute Gasteiger partial charge is 0.476 e. The molecule has 1 aliphatic carbocycles. The molecule has 0 radical (unpaired) electrons. The molecule has 2 heterocycles. The number of hydrogen-bond acceptors (Lipinski definition) is 4. The highest BCUT2D eigenvalue weighted by Crippen LogP contribution is 2.33. The lowest BCUT2D eigenvalue weighted by atomic mass is 9.96. The van der Waals surface area contributed by atoms with Gasteiger partial charge in [-0.3, -0.25) is 4.79 Å². The Morgan fingerprint density at radius 2 is 2.14 bits per heavy atom. The molecule has 6 heteroatoms. The highest BCUT2D eigenvalue weighted by molar-refractivity contribution is 5.94. The fraction of sp³-hybridized carbons (Fsp3) is 0.733. The smallest absolute Gasteiger partial charge is 0.272 e. The molecular weight excluding hydrogens is 268 g/mol. The van der Waals surface area contributed by atoms with E-state index < -0.39 is 0 Å². The molecule has 3 rings (SSSR count). The van der Waals surface area contributed by atoms with Crippen molar-refractivity contribution in [1.82, 2.24) is 20.0 Å². The van der Waals surface area contributed by atoms with Gasteiger partial charge in [-0.25, -0.2) is 4.68 Å². The van der Waals surface area contributed by atoms with E-state index >= 15 is 0 Å². The van der Waals surface area contributed by atoms with Crippen LogP contribution in [0.25, 0.3) is 0 Å². The zero-order valence-electron chi connectivity index (χ0n) is 13.1. The number of carbonyl (C=O) groups excluding carboxylic acids is 1. The van der Waals surface area contributed by atoms with Gasteiger partial charge < -0.3 is 15.0 Å². The summed E-state index contributed by atoms with van der Waals surface area (Å²) in [7, 11) is 4.20. The Morgan fingerprint density at radius 3 is 2.76 bits per heavy atom. The van der Waals surface area contributed by atoms with Gasteiger partial charge in [-0.05, 0) is 33.9 Å². The molecule has 0 aromatic carbocycles. The Hall–Kier alpha value is -1.56. The van der Waals surface area contributed by atoms with Crippen molar-refractivity contribution in [3.63, 3.8) is 0 Å². The molecule has 1 N–H and O–H groups in total. The van der Waals surface area contributed by atoms with Crippen LogP contribution in [0.4, 0.5) is 0 Å². The summed E-state index contributed by atoms with van der Waals surface area (Å²) >= 11 is 0. The summed E-state index contributed by atoms with van der Waals surface area (Å²) in [5.74, 6) is 0.648. The third-order valence-corrected chi connectivity index (χ3v) is 4.95. The van der Waals surface area contributed by atoms with Crippen LogP contribution >= 0.6 is 0 Å². The molecule has 116 valence electrons. The first-order valence-corrected chi connectivity index (χ1v) is 7.69. The minimum absolute atomic E-state index is 0.0916. The average Bonchev–Trinajstić information content (AvgIpc) is 3.14. The number of fused-ring (bicyclic) bond motifs is 1. The number of rotatable bonds is 4. The van der Waals surface area contributed by atoms with Gasteiger partial charge in [-0.1, -0.05) is 12.8 Å². The fourth-order valence-corrected chi connectivity index (χ4v) is 3.46. The Labute approximate surface area is 125 Å². The van der Waals surface area contributed by atoms with Gasteiger partial charge in [-0.15, -0.1) is 0 Å². The van der Waals surface area contributed by atoms with Crippen molar-refractivity contribution in [2.24, 2.45) is 0 Å². The summed E-state index contributed by atoms with van der Waals surface area (Å²) in [6, 6.07) is 0. The van der Waals surface area contributed by atoms with Crippen molar-refractivity contribution >= 4 is 5.91 Å². The summed E-state index contributed by atoms with van der Waals surface area (Å²) in [6.07, 6.45) is 4.75. The summed E-state index contributed by atoms with van der Waals surface area (Å²) in [4.78, 5) is 14.7. The van der Waals surface area contributed by atoms with E-state index in [0.717, 1.165) is 30.8 Å². The van der Waals surface area contributed by atoms with E-state index in [2.05, 4.69) is 29.4 Å². The van der Waals surface area contributed by atoms with E-state index in [1.807, 2.05) is 6.92 Å². The summed E-state index contributed by atoms with van der Waals surface area (Å²) in [6.45, 7) is 3.96. The Bertz CT molecular complexity index is 544. The minimum atomic E-state index is -0.0916. The first-order chi connectivity index (χ1) is 10.0. The molecule has 1 amide bonds. The summed E-state index contributed by atoms with van der Waals surface area (Å²) in [5, 5.41) is 7.45. The van der Waals surface area contributed by atoms with Gasteiger partial charge >= 0.3 is 0 Å². The lowest BCUT2D eigenvalue weighted by Crippen LogP contribution is -2.50. The summed E-state index contributed by atoms with van der Waals surface area (Å²) in [5.41, 5.74) is 1.44. The van der Waals surface area contributed by atoms with Crippen LogP contribution in [0.1, 0.15) is 41.7 Å². The highest BCUT2D eigenvalue weighted by Gasteiger charge is 2.36. The van der Waals surface area contributed by atoms with Gasteiger partial charge in [0.05, 0.1) is 6.54 Å². The molecular formula is C15H24N4O2. The molecule has 0 unspecified atom stereocenters. The van der Waals surface area contributed by atoms with Crippen LogP contribution in [0.2, 0.25) is 0 Å². The zero-order chi connectivity index (χ0) is 15.0. The molecule has 1 aromatic heterocycles. The van der Waals surface area contributed by atoms with Gasteiger partial charge in [0, 0.05) is 17.6 Å². The molecule has 0 bridgehead atoms. The predicted octanol–water partition coefficient (Wildman–Crippen LogP) is 1.19. The molecule has 0 saturated heterocycles. The second kappa shape index (κ2) is 5.33. The number of carbonyl (C=O) groups is 1. The first kappa shape index (κ1) is 14.4. The van der Waals surface area contributed by atoms with Gasteiger partial charge in [0.2, 0.25) is 5.88 Å². The Kier molecular flexibility index (Phi) is 3.65. The number of amides is 1. The van der Waals surface area contributed by atoms with Crippen molar-refractivity contribution in [2.45, 2.75) is 44.7 Å². The molecule has 21 heavy (non-hydrogen) atoms. The third-order valence-electron chi connectivity index (χ3n) is 4.95. The van der Waals surface area contributed by atoms with Crippen molar-refractivity contribution in [3.05, 3.63) is 11.3 Å². The van der Waals surface area contributed by atoms with Gasteiger partial charge in [-0.2, -0.15) is 5.10 Å². The van der Waals surface area contributed by atoms with Gasteiger partial charge in [0.15, 0.2) is 5.69 Å². The van der Waals surface area contributed by atoms with E-state index in [9.17, 15) is 4.79 Å². The van der Waals surface area contributed by atoms with E-state index in [0.29, 0.717) is 18.8 Å². The second-order valence-corrected chi connectivity index (χ2v) is 6.36. The van der Waals surface area contributed by atoms with Crippen molar-refractivity contribution in [1.29, 1.82) is 0 Å². The molecule has 1 saturated carbocycles. The molecule has 1 aliphatic heterocycles. The topological polar surface area (TPSA) is 59.4 Å². The zero-order valence-corrected chi connectivity index (χ0v) is 13.1. The monoisotopic (exact) mass is 292 g/mol. The minimum Gasteiger partial charge on any atom is -0.476 e. The van der Waals surface area contributed by atoms with Crippen LogP contribution in [0.3, 0.4) is 0 Å². The highest BCUT2D eigenvalue weighted by atomic mass is 16.5. The molecule has 2 aliphatic rings. The lowest BCUT2D eigenvalue weighted by Gasteiger charge is -2.36. The lowest BCUT2D eigenvalue weighted by molar-refractivity contribution is 0.0893. The van der Waals surface area contributed by atoms with Crippen LogP contribution in [-0.2, 0) is 6.54 Å². The average molecular weight is 292 g/mol. The van der Waals surface area contributed by atoms with E-state index in [4.69, 9.17) is 4.74 Å². The standard InChI is InChI=1S/C15H24N4O2/c1-11-12(17-19-8-9-21-14(11)19)13(20)16-10-15(18(2)3)6-4-5-7-15/h4-10H2,1-3H3,(H,16,20). The first-order valence-electron chi connectivity index (χ1n) is 7.69. The van der Waals surface area contributed by atoms with Gasteiger partial charge in [0.1, 0.15) is 6.61 Å². The van der Waals surface area contributed by atoms with Crippen LogP contribution in [0.15, 0.2) is 0 Å². The fourth-order valence-electron chi connectivity index (χ4n) is 3.46.